The van der Waals surface area contributed by atoms with E-state index in [0.29, 0.717) is 31.0 Å². The quantitative estimate of drug-likeness (QED) is 0.753. The van der Waals surface area contributed by atoms with Crippen molar-refractivity contribution in [3.05, 3.63) is 40.9 Å². The predicted molar refractivity (Wildman–Crippen MR) is 77.1 cm³/mol. The number of benzene rings is 1. The zero-order valence-corrected chi connectivity index (χ0v) is 12.4. The van der Waals surface area contributed by atoms with E-state index in [9.17, 15) is 4.79 Å². The molecule has 0 spiro atoms. The lowest BCUT2D eigenvalue weighted by molar-refractivity contribution is 0.0773. The summed E-state index contributed by atoms with van der Waals surface area (Å²) in [6.45, 7) is 9.40. The summed E-state index contributed by atoms with van der Waals surface area (Å²) in [6.07, 6.45) is 1.68. The Hall–Kier alpha value is -1.29. The van der Waals surface area contributed by atoms with E-state index in [0.717, 1.165) is 4.47 Å². The molecule has 4 heteroatoms. The van der Waals surface area contributed by atoms with Crippen LogP contribution in [0.15, 0.2) is 35.3 Å². The molecule has 0 fully saturated rings. The molecule has 3 nitrogen and oxygen atoms in total. The van der Waals surface area contributed by atoms with Crippen LogP contribution in [-0.2, 0) is 0 Å². The molecular weight excluding hydrogens is 294 g/mol. The van der Waals surface area contributed by atoms with Gasteiger partial charge in [-0.2, -0.15) is 0 Å². The van der Waals surface area contributed by atoms with Crippen molar-refractivity contribution in [2.24, 2.45) is 0 Å². The summed E-state index contributed by atoms with van der Waals surface area (Å²) in [5.74, 6) is 0.752. The van der Waals surface area contributed by atoms with E-state index in [4.69, 9.17) is 4.74 Å². The Kier molecular flexibility index (Phi) is 5.92. The lowest BCUT2D eigenvalue weighted by atomic mass is 10.2. The van der Waals surface area contributed by atoms with E-state index in [2.05, 4.69) is 22.5 Å². The molecule has 0 atom stereocenters. The van der Waals surface area contributed by atoms with Gasteiger partial charge in [0.2, 0.25) is 0 Å². The van der Waals surface area contributed by atoms with Gasteiger partial charge < -0.3 is 9.64 Å². The minimum atomic E-state index is 0.0379. The van der Waals surface area contributed by atoms with Crippen LogP contribution < -0.4 is 4.74 Å². The van der Waals surface area contributed by atoms with Crippen molar-refractivity contribution >= 4 is 21.8 Å². The third-order valence-electron chi connectivity index (χ3n) is 2.59. The highest BCUT2D eigenvalue weighted by molar-refractivity contribution is 9.10. The van der Waals surface area contributed by atoms with Crippen molar-refractivity contribution in [2.45, 2.75) is 13.8 Å². The van der Waals surface area contributed by atoms with Crippen LogP contribution in [-0.4, -0.2) is 30.5 Å². The summed E-state index contributed by atoms with van der Waals surface area (Å²) in [4.78, 5) is 13.9. The van der Waals surface area contributed by atoms with Gasteiger partial charge in [-0.25, -0.2) is 0 Å². The minimum Gasteiger partial charge on any atom is -0.488 e. The van der Waals surface area contributed by atoms with Gasteiger partial charge >= 0.3 is 0 Å². The zero-order valence-electron chi connectivity index (χ0n) is 10.8. The maximum atomic E-state index is 12.1. The standard InChI is InChI=1S/C14H18BrNO2/c1-4-9-18-13-8-7-11(10-12(13)15)14(17)16(5-2)6-3/h4,7-8,10H,1,5-6,9H2,2-3H3. The molecule has 0 aliphatic heterocycles. The second kappa shape index (κ2) is 7.21. The van der Waals surface area contributed by atoms with E-state index in [1.807, 2.05) is 13.8 Å². The Morgan fingerprint density at radius 2 is 2.11 bits per heavy atom. The second-order valence-electron chi connectivity index (χ2n) is 3.72. The molecule has 1 amide bonds. The molecular formula is C14H18BrNO2. The number of carbonyl (C=O) groups is 1. The Morgan fingerprint density at radius 1 is 1.44 bits per heavy atom. The van der Waals surface area contributed by atoms with Gasteiger partial charge in [0.1, 0.15) is 12.4 Å². The van der Waals surface area contributed by atoms with Crippen LogP contribution in [0.5, 0.6) is 5.75 Å². The summed E-state index contributed by atoms with van der Waals surface area (Å²) in [5, 5.41) is 0. The Bertz CT molecular complexity index is 428. The number of ether oxygens (including phenoxy) is 1. The van der Waals surface area contributed by atoms with Gasteiger partial charge in [-0.05, 0) is 48.0 Å². The van der Waals surface area contributed by atoms with Crippen molar-refractivity contribution < 1.29 is 9.53 Å². The van der Waals surface area contributed by atoms with Gasteiger partial charge in [0, 0.05) is 18.7 Å². The van der Waals surface area contributed by atoms with Gasteiger partial charge in [0.15, 0.2) is 0 Å². The van der Waals surface area contributed by atoms with E-state index in [1.54, 1.807) is 29.2 Å². The van der Waals surface area contributed by atoms with Crippen molar-refractivity contribution in [3.63, 3.8) is 0 Å². The van der Waals surface area contributed by atoms with Crippen molar-refractivity contribution in [2.75, 3.05) is 19.7 Å². The summed E-state index contributed by atoms with van der Waals surface area (Å²) in [5.41, 5.74) is 0.663. The average molecular weight is 312 g/mol. The van der Waals surface area contributed by atoms with Gasteiger partial charge in [-0.3, -0.25) is 4.79 Å². The van der Waals surface area contributed by atoms with E-state index < -0.39 is 0 Å². The number of nitrogens with zero attached hydrogens (tertiary/aromatic N) is 1. The summed E-state index contributed by atoms with van der Waals surface area (Å²) < 4.78 is 6.22. The lowest BCUT2D eigenvalue weighted by Gasteiger charge is -2.19. The van der Waals surface area contributed by atoms with E-state index >= 15 is 0 Å². The number of rotatable bonds is 6. The molecule has 0 aromatic heterocycles. The summed E-state index contributed by atoms with van der Waals surface area (Å²) in [7, 11) is 0. The van der Waals surface area contributed by atoms with Crippen LogP contribution in [0.3, 0.4) is 0 Å². The highest BCUT2D eigenvalue weighted by Gasteiger charge is 2.13. The Morgan fingerprint density at radius 3 is 2.61 bits per heavy atom. The first kappa shape index (κ1) is 14.8. The largest absolute Gasteiger partial charge is 0.488 e. The van der Waals surface area contributed by atoms with Crippen LogP contribution in [0.25, 0.3) is 0 Å². The first-order valence-electron chi connectivity index (χ1n) is 5.96. The molecule has 0 N–H and O–H groups in total. The molecule has 0 aliphatic carbocycles. The fraction of sp³-hybridized carbons (Fsp3) is 0.357. The predicted octanol–water partition coefficient (Wildman–Crippen LogP) is 3.50. The topological polar surface area (TPSA) is 29.5 Å². The molecule has 1 aromatic rings. The van der Waals surface area contributed by atoms with Gasteiger partial charge in [0.05, 0.1) is 4.47 Å². The molecule has 98 valence electrons. The number of hydrogen-bond donors (Lipinski definition) is 0. The maximum Gasteiger partial charge on any atom is 0.253 e. The van der Waals surface area contributed by atoms with Crippen molar-refractivity contribution in [3.8, 4) is 5.75 Å². The monoisotopic (exact) mass is 311 g/mol. The number of amides is 1. The first-order chi connectivity index (χ1) is 8.63. The van der Waals surface area contributed by atoms with Crippen LogP contribution in [0.2, 0.25) is 0 Å². The smallest absolute Gasteiger partial charge is 0.253 e. The molecule has 0 radical (unpaired) electrons. The highest BCUT2D eigenvalue weighted by Crippen LogP contribution is 2.26. The summed E-state index contributed by atoms with van der Waals surface area (Å²) >= 11 is 3.41. The molecule has 0 bridgehead atoms. The van der Waals surface area contributed by atoms with Gasteiger partial charge in [0.25, 0.3) is 5.91 Å². The van der Waals surface area contributed by atoms with Crippen LogP contribution in [0.4, 0.5) is 0 Å². The SMILES string of the molecule is C=CCOc1ccc(C(=O)N(CC)CC)cc1Br. The van der Waals surface area contributed by atoms with Crippen LogP contribution in [0.1, 0.15) is 24.2 Å². The van der Waals surface area contributed by atoms with Crippen molar-refractivity contribution in [1.82, 2.24) is 4.90 Å². The van der Waals surface area contributed by atoms with Gasteiger partial charge in [-0.15, -0.1) is 0 Å². The molecule has 1 rings (SSSR count). The fourth-order valence-electron chi connectivity index (χ4n) is 1.59. The Labute approximate surface area is 117 Å². The first-order valence-corrected chi connectivity index (χ1v) is 6.75. The number of hydrogen-bond acceptors (Lipinski definition) is 2. The average Bonchev–Trinajstić information content (AvgIpc) is 2.38. The molecule has 0 saturated heterocycles. The molecule has 0 aliphatic rings. The van der Waals surface area contributed by atoms with Crippen molar-refractivity contribution in [1.29, 1.82) is 0 Å². The maximum absolute atomic E-state index is 12.1. The Balaban J connectivity index is 2.89. The fourth-order valence-corrected chi connectivity index (χ4v) is 2.09. The highest BCUT2D eigenvalue weighted by atomic mass is 79.9. The molecule has 0 heterocycles. The van der Waals surface area contributed by atoms with Gasteiger partial charge in [-0.1, -0.05) is 12.7 Å². The lowest BCUT2D eigenvalue weighted by Crippen LogP contribution is -2.30. The number of carbonyl (C=O) groups excluding carboxylic acids is 1. The van der Waals surface area contributed by atoms with E-state index in [1.165, 1.54) is 0 Å². The third kappa shape index (κ3) is 3.60. The zero-order chi connectivity index (χ0) is 13.5. The van der Waals surface area contributed by atoms with E-state index in [-0.39, 0.29) is 5.91 Å². The second-order valence-corrected chi connectivity index (χ2v) is 4.58. The molecule has 0 unspecified atom stereocenters. The molecule has 18 heavy (non-hydrogen) atoms. The van der Waals surface area contributed by atoms with Crippen LogP contribution in [0, 0.1) is 0 Å². The number of halogens is 1. The minimum absolute atomic E-state index is 0.0379. The molecule has 0 saturated carbocycles. The molecule has 1 aromatic carbocycles. The summed E-state index contributed by atoms with van der Waals surface area (Å²) in [6, 6.07) is 5.37. The third-order valence-corrected chi connectivity index (χ3v) is 3.21. The van der Waals surface area contributed by atoms with Crippen LogP contribution >= 0.6 is 15.9 Å². The normalized spacial score (nSPS) is 9.94.